The summed E-state index contributed by atoms with van der Waals surface area (Å²) in [7, 11) is 0. The van der Waals surface area contributed by atoms with Gasteiger partial charge in [-0.1, -0.05) is 59.2 Å². The number of carbonyl (C=O) groups excluding carboxylic acids is 2. The van der Waals surface area contributed by atoms with Crippen LogP contribution in [0.3, 0.4) is 0 Å². The first-order chi connectivity index (χ1) is 15.1. The number of amides is 2. The van der Waals surface area contributed by atoms with Gasteiger partial charge in [-0.2, -0.15) is 0 Å². The molecule has 2 aliphatic heterocycles. The van der Waals surface area contributed by atoms with E-state index in [1.165, 1.54) is 0 Å². The molecule has 2 aromatic rings. The molecular weight excluding hydrogens is 416 g/mol. The van der Waals surface area contributed by atoms with Crippen molar-refractivity contribution in [3.63, 3.8) is 0 Å². The quantitative estimate of drug-likeness (QED) is 0.721. The summed E-state index contributed by atoms with van der Waals surface area (Å²) in [5.41, 5.74) is 2.19. The Labute approximate surface area is 186 Å². The van der Waals surface area contributed by atoms with E-state index in [0.717, 1.165) is 24.1 Å². The monoisotopic (exact) mass is 440 g/mol. The molecule has 0 aromatic heterocycles. The van der Waals surface area contributed by atoms with E-state index in [4.69, 9.17) is 16.4 Å². The number of piperidine rings is 1. The van der Waals surface area contributed by atoms with E-state index in [9.17, 15) is 9.59 Å². The standard InChI is InChI=1S/C23H25ClN4O3/c24-18-8-4-5-9-19(18)26-17-10-12-28(13-11-17)22(29)15-25-23(30)20-14-21(31-27-20)16-6-2-1-3-7-16/h1-9,17,21,26H,10-15H2,(H,25,30). The second kappa shape index (κ2) is 9.83. The zero-order chi connectivity index (χ0) is 21.6. The van der Waals surface area contributed by atoms with Crippen LogP contribution in [0.1, 0.15) is 30.9 Å². The number of oxime groups is 1. The summed E-state index contributed by atoms with van der Waals surface area (Å²) >= 11 is 6.21. The fourth-order valence-electron chi connectivity index (χ4n) is 3.80. The fraction of sp³-hybridized carbons (Fsp3) is 0.348. The third-order valence-corrected chi connectivity index (χ3v) is 5.91. The minimum atomic E-state index is -0.359. The average Bonchev–Trinajstić information content (AvgIpc) is 3.30. The van der Waals surface area contributed by atoms with Gasteiger partial charge in [0.1, 0.15) is 5.71 Å². The Morgan fingerprint density at radius 3 is 2.52 bits per heavy atom. The van der Waals surface area contributed by atoms with E-state index < -0.39 is 0 Å². The van der Waals surface area contributed by atoms with Crippen molar-refractivity contribution < 1.29 is 14.4 Å². The maximum atomic E-state index is 12.5. The number of likely N-dealkylation sites (tertiary alicyclic amines) is 1. The summed E-state index contributed by atoms with van der Waals surface area (Å²) in [5.74, 6) is -0.453. The van der Waals surface area contributed by atoms with Gasteiger partial charge in [-0.3, -0.25) is 9.59 Å². The average molecular weight is 441 g/mol. The van der Waals surface area contributed by atoms with E-state index in [1.807, 2.05) is 54.6 Å². The highest BCUT2D eigenvalue weighted by molar-refractivity contribution is 6.39. The molecule has 4 rings (SSSR count). The van der Waals surface area contributed by atoms with Crippen molar-refractivity contribution >= 4 is 34.8 Å². The van der Waals surface area contributed by atoms with Gasteiger partial charge in [0.2, 0.25) is 5.91 Å². The Morgan fingerprint density at radius 2 is 1.77 bits per heavy atom. The molecule has 0 saturated carbocycles. The number of anilines is 1. The van der Waals surface area contributed by atoms with Crippen LogP contribution in [0.15, 0.2) is 59.8 Å². The molecule has 0 aliphatic carbocycles. The molecule has 8 heteroatoms. The van der Waals surface area contributed by atoms with Crippen molar-refractivity contribution in [1.29, 1.82) is 0 Å². The van der Waals surface area contributed by atoms with Gasteiger partial charge in [0, 0.05) is 25.6 Å². The van der Waals surface area contributed by atoms with Crippen molar-refractivity contribution in [1.82, 2.24) is 10.2 Å². The Kier molecular flexibility index (Phi) is 6.72. The molecule has 162 valence electrons. The summed E-state index contributed by atoms with van der Waals surface area (Å²) in [6.45, 7) is 1.23. The van der Waals surface area contributed by atoms with Crippen LogP contribution in [-0.4, -0.2) is 48.1 Å². The minimum Gasteiger partial charge on any atom is -0.387 e. The maximum absolute atomic E-state index is 12.5. The van der Waals surface area contributed by atoms with E-state index in [0.29, 0.717) is 30.2 Å². The number of benzene rings is 2. The van der Waals surface area contributed by atoms with Crippen LogP contribution in [0.4, 0.5) is 5.69 Å². The number of nitrogens with zero attached hydrogens (tertiary/aromatic N) is 2. The lowest BCUT2D eigenvalue weighted by molar-refractivity contribution is -0.132. The smallest absolute Gasteiger partial charge is 0.269 e. The second-order valence-electron chi connectivity index (χ2n) is 7.71. The molecule has 0 bridgehead atoms. The molecule has 1 unspecified atom stereocenters. The zero-order valence-corrected chi connectivity index (χ0v) is 17.8. The first kappa shape index (κ1) is 21.2. The number of hydrogen-bond donors (Lipinski definition) is 2. The number of carbonyl (C=O) groups is 2. The Hall–Kier alpha value is -3.06. The highest BCUT2D eigenvalue weighted by Crippen LogP contribution is 2.27. The molecule has 0 spiro atoms. The molecule has 2 N–H and O–H groups in total. The van der Waals surface area contributed by atoms with E-state index in [-0.39, 0.29) is 30.5 Å². The summed E-state index contributed by atoms with van der Waals surface area (Å²) in [6, 6.07) is 17.5. The highest BCUT2D eigenvalue weighted by atomic mass is 35.5. The van der Waals surface area contributed by atoms with Crippen molar-refractivity contribution in [3.05, 3.63) is 65.2 Å². The van der Waals surface area contributed by atoms with E-state index in [1.54, 1.807) is 4.90 Å². The summed E-state index contributed by atoms with van der Waals surface area (Å²) in [4.78, 5) is 32.1. The van der Waals surface area contributed by atoms with Gasteiger partial charge in [-0.25, -0.2) is 0 Å². The van der Waals surface area contributed by atoms with Crippen LogP contribution in [-0.2, 0) is 14.4 Å². The number of para-hydroxylation sites is 1. The lowest BCUT2D eigenvalue weighted by Gasteiger charge is -2.33. The number of nitrogens with one attached hydrogen (secondary N) is 2. The van der Waals surface area contributed by atoms with Crippen molar-refractivity contribution in [2.45, 2.75) is 31.4 Å². The fourth-order valence-corrected chi connectivity index (χ4v) is 3.99. The summed E-state index contributed by atoms with van der Waals surface area (Å²) in [6.07, 6.45) is 1.78. The molecule has 0 radical (unpaired) electrons. The maximum Gasteiger partial charge on any atom is 0.269 e. The zero-order valence-electron chi connectivity index (χ0n) is 17.1. The topological polar surface area (TPSA) is 83.0 Å². The first-order valence-corrected chi connectivity index (χ1v) is 10.8. The van der Waals surface area contributed by atoms with Crippen molar-refractivity contribution in [3.8, 4) is 0 Å². The predicted octanol–water partition coefficient (Wildman–Crippen LogP) is 3.38. The van der Waals surface area contributed by atoms with Gasteiger partial charge in [-0.05, 0) is 30.5 Å². The molecule has 1 atom stereocenters. The molecule has 1 saturated heterocycles. The SMILES string of the molecule is O=C(NCC(=O)N1CCC(Nc2ccccc2Cl)CC1)C1=NOC(c2ccccc2)C1. The highest BCUT2D eigenvalue weighted by Gasteiger charge is 2.28. The molecular formula is C23H25ClN4O3. The Morgan fingerprint density at radius 1 is 1.06 bits per heavy atom. The van der Waals surface area contributed by atoms with Gasteiger partial charge in [0.25, 0.3) is 5.91 Å². The number of rotatable bonds is 6. The van der Waals surface area contributed by atoms with Crippen molar-refractivity contribution in [2.24, 2.45) is 5.16 Å². The molecule has 31 heavy (non-hydrogen) atoms. The van der Waals surface area contributed by atoms with E-state index >= 15 is 0 Å². The van der Waals surface area contributed by atoms with Crippen LogP contribution in [0.2, 0.25) is 5.02 Å². The van der Waals surface area contributed by atoms with Gasteiger partial charge in [0.15, 0.2) is 6.10 Å². The summed E-state index contributed by atoms with van der Waals surface area (Å²) < 4.78 is 0. The largest absolute Gasteiger partial charge is 0.387 e. The second-order valence-corrected chi connectivity index (χ2v) is 8.12. The molecule has 7 nitrogen and oxygen atoms in total. The first-order valence-electron chi connectivity index (χ1n) is 10.4. The molecule has 2 aromatic carbocycles. The van der Waals surface area contributed by atoms with Gasteiger partial charge < -0.3 is 20.4 Å². The number of hydrogen-bond acceptors (Lipinski definition) is 5. The van der Waals surface area contributed by atoms with Crippen LogP contribution in [0.25, 0.3) is 0 Å². The minimum absolute atomic E-state index is 0.0452. The van der Waals surface area contributed by atoms with Crippen LogP contribution >= 0.6 is 11.6 Å². The molecule has 2 amide bonds. The van der Waals surface area contributed by atoms with Crippen LogP contribution in [0.5, 0.6) is 0 Å². The lowest BCUT2D eigenvalue weighted by atomic mass is 10.0. The molecule has 2 aliphatic rings. The molecule has 1 fully saturated rings. The summed E-state index contributed by atoms with van der Waals surface area (Å²) in [5, 5.41) is 10.7. The Bertz CT molecular complexity index is 958. The third kappa shape index (κ3) is 5.35. The predicted molar refractivity (Wildman–Crippen MR) is 120 cm³/mol. The normalized spacial score (nSPS) is 18.8. The lowest BCUT2D eigenvalue weighted by Crippen LogP contribution is -2.47. The van der Waals surface area contributed by atoms with Crippen molar-refractivity contribution in [2.75, 3.05) is 25.0 Å². The van der Waals surface area contributed by atoms with Gasteiger partial charge in [-0.15, -0.1) is 0 Å². The van der Waals surface area contributed by atoms with Gasteiger partial charge in [0.05, 0.1) is 17.3 Å². The van der Waals surface area contributed by atoms with Crippen LogP contribution < -0.4 is 10.6 Å². The number of halogens is 1. The van der Waals surface area contributed by atoms with E-state index in [2.05, 4.69) is 15.8 Å². The van der Waals surface area contributed by atoms with Crippen LogP contribution in [0, 0.1) is 0 Å². The van der Waals surface area contributed by atoms with Gasteiger partial charge >= 0.3 is 0 Å². The Balaban J connectivity index is 1.19. The third-order valence-electron chi connectivity index (χ3n) is 5.58. The molecule has 2 heterocycles.